The van der Waals surface area contributed by atoms with Crippen LogP contribution in [0.2, 0.25) is 0 Å². The zero-order valence-electron chi connectivity index (χ0n) is 10.8. The van der Waals surface area contributed by atoms with E-state index in [9.17, 15) is 35.9 Å². The highest BCUT2D eigenvalue weighted by molar-refractivity contribution is 14.1. The van der Waals surface area contributed by atoms with Crippen LogP contribution >= 0.6 is 22.6 Å². The third-order valence-electron chi connectivity index (χ3n) is 2.66. The molecular weight excluding hydrogens is 449 g/mol. The van der Waals surface area contributed by atoms with E-state index in [1.54, 1.807) is 22.6 Å². The predicted octanol–water partition coefficient (Wildman–Crippen LogP) is 3.79. The summed E-state index contributed by atoms with van der Waals surface area (Å²) in [5, 5.41) is 8.40. The smallest absolute Gasteiger partial charge is 0.438 e. The first-order valence-electron chi connectivity index (χ1n) is 5.64. The number of benzene rings is 1. The molecule has 0 heterocycles. The fourth-order valence-corrected chi connectivity index (χ4v) is 1.89. The van der Waals surface area contributed by atoms with Crippen LogP contribution in [0.4, 0.5) is 26.3 Å². The van der Waals surface area contributed by atoms with E-state index < -0.39 is 41.9 Å². The first-order valence-corrected chi connectivity index (χ1v) is 6.72. The Hall–Kier alpha value is -1.53. The number of carboxylic acids is 1. The molecule has 1 aromatic rings. The number of ether oxygens (including phenoxy) is 1. The number of alkyl halides is 6. The molecule has 0 radical (unpaired) electrons. The van der Waals surface area contributed by atoms with Crippen LogP contribution in [0.1, 0.15) is 16.8 Å². The van der Waals surface area contributed by atoms with Gasteiger partial charge >= 0.3 is 29.9 Å². The number of hydrogen-bond acceptors (Lipinski definition) is 3. The van der Waals surface area contributed by atoms with E-state index in [1.165, 1.54) is 12.1 Å². The normalized spacial score (nSPS) is 12.8. The summed E-state index contributed by atoms with van der Waals surface area (Å²) >= 11 is 1.80. The highest BCUT2D eigenvalue weighted by atomic mass is 127. The lowest BCUT2D eigenvalue weighted by molar-refractivity contribution is -0.365. The van der Waals surface area contributed by atoms with Gasteiger partial charge in [-0.2, -0.15) is 26.3 Å². The molecule has 0 aliphatic heterocycles. The van der Waals surface area contributed by atoms with Crippen molar-refractivity contribution in [1.82, 2.24) is 0 Å². The molecule has 0 aromatic heterocycles. The molecule has 0 unspecified atom stereocenters. The average Bonchev–Trinajstić information content (AvgIpc) is 2.35. The van der Waals surface area contributed by atoms with Gasteiger partial charge in [0.1, 0.15) is 6.42 Å². The van der Waals surface area contributed by atoms with Crippen molar-refractivity contribution in [2.24, 2.45) is 0 Å². The van der Waals surface area contributed by atoms with E-state index in [2.05, 4.69) is 4.74 Å². The van der Waals surface area contributed by atoms with Gasteiger partial charge in [-0.1, -0.05) is 0 Å². The second-order valence-corrected chi connectivity index (χ2v) is 5.54. The van der Waals surface area contributed by atoms with E-state index in [4.69, 9.17) is 5.11 Å². The molecule has 128 valence electrons. The molecule has 4 nitrogen and oxygen atoms in total. The quantitative estimate of drug-likeness (QED) is 0.426. The van der Waals surface area contributed by atoms with Crippen molar-refractivity contribution in [2.75, 3.05) is 0 Å². The number of rotatable bonds is 4. The van der Waals surface area contributed by atoms with Crippen LogP contribution in [0.25, 0.3) is 0 Å². The molecule has 0 saturated carbocycles. The number of halogens is 7. The molecule has 0 fully saturated rings. The van der Waals surface area contributed by atoms with Gasteiger partial charge in [-0.15, -0.1) is 0 Å². The number of carbonyl (C=O) groups excluding carboxylic acids is 1. The highest BCUT2D eigenvalue weighted by Crippen LogP contribution is 2.48. The predicted molar refractivity (Wildman–Crippen MR) is 71.7 cm³/mol. The third-order valence-corrected chi connectivity index (χ3v) is 3.38. The van der Waals surface area contributed by atoms with Gasteiger partial charge in [0.25, 0.3) is 0 Å². The molecule has 1 rings (SSSR count). The Balaban J connectivity index is 3.32. The van der Waals surface area contributed by atoms with Crippen LogP contribution in [-0.2, 0) is 9.53 Å². The average molecular weight is 456 g/mol. The minimum atomic E-state index is -6.16. The molecule has 0 spiro atoms. The third kappa shape index (κ3) is 4.26. The van der Waals surface area contributed by atoms with Crippen molar-refractivity contribution in [3.63, 3.8) is 0 Å². The van der Waals surface area contributed by atoms with Crippen LogP contribution in [0.15, 0.2) is 24.3 Å². The van der Waals surface area contributed by atoms with Crippen LogP contribution < -0.4 is 0 Å². The fraction of sp³-hybridized carbons (Fsp3) is 0.333. The Morgan fingerprint density at radius 2 is 1.43 bits per heavy atom. The summed E-state index contributed by atoms with van der Waals surface area (Å²) in [6, 6.07) is 4.44. The van der Waals surface area contributed by atoms with Gasteiger partial charge in [0.05, 0.1) is 5.56 Å². The van der Waals surface area contributed by atoms with Crippen molar-refractivity contribution in [3.05, 3.63) is 33.4 Å². The van der Waals surface area contributed by atoms with Crippen LogP contribution in [0, 0.1) is 3.57 Å². The van der Waals surface area contributed by atoms with Crippen molar-refractivity contribution in [3.8, 4) is 0 Å². The first-order chi connectivity index (χ1) is 10.3. The largest absolute Gasteiger partial charge is 0.481 e. The van der Waals surface area contributed by atoms with Crippen molar-refractivity contribution in [2.45, 2.75) is 24.4 Å². The van der Waals surface area contributed by atoms with E-state index in [0.29, 0.717) is 3.57 Å². The summed E-state index contributed by atoms with van der Waals surface area (Å²) in [4.78, 5) is 22.1. The molecule has 23 heavy (non-hydrogen) atoms. The Kier molecular flexibility index (Phi) is 5.54. The van der Waals surface area contributed by atoms with E-state index in [1.807, 2.05) is 0 Å². The topological polar surface area (TPSA) is 63.6 Å². The number of carboxylic acid groups (broad SMARTS) is 1. The van der Waals surface area contributed by atoms with Gasteiger partial charge in [-0.25, -0.2) is 4.79 Å². The van der Waals surface area contributed by atoms with Gasteiger partial charge < -0.3 is 9.84 Å². The SMILES string of the molecule is O=C(O)CC(OC(=O)c1ccc(I)cc1)(C(F)(F)F)C(F)(F)F. The summed E-state index contributed by atoms with van der Waals surface area (Å²) in [7, 11) is 0. The standard InChI is InChI=1S/C12H7F6IO4/c13-11(14,15)10(5-8(20)21,12(16,17)18)23-9(22)6-1-3-7(19)4-2-6/h1-4H,5H2,(H,20,21). The van der Waals surface area contributed by atoms with E-state index >= 15 is 0 Å². The number of carbonyl (C=O) groups is 2. The zero-order chi connectivity index (χ0) is 18.1. The molecule has 1 N–H and O–H groups in total. The number of aliphatic carboxylic acids is 1. The molecule has 0 bridgehead atoms. The summed E-state index contributed by atoms with van der Waals surface area (Å²) < 4.78 is 81.7. The van der Waals surface area contributed by atoms with E-state index in [-0.39, 0.29) is 0 Å². The number of esters is 1. The molecular formula is C12H7F6IO4. The minimum absolute atomic E-state index is 0.572. The number of hydrogen-bond donors (Lipinski definition) is 1. The minimum Gasteiger partial charge on any atom is -0.481 e. The van der Waals surface area contributed by atoms with Gasteiger partial charge in [0, 0.05) is 3.57 Å². The highest BCUT2D eigenvalue weighted by Gasteiger charge is 2.75. The van der Waals surface area contributed by atoms with Crippen LogP contribution in [0.3, 0.4) is 0 Å². The molecule has 0 saturated heterocycles. The lowest BCUT2D eigenvalue weighted by Gasteiger charge is -2.35. The molecule has 0 aliphatic carbocycles. The second-order valence-electron chi connectivity index (χ2n) is 4.29. The lowest BCUT2D eigenvalue weighted by atomic mass is 9.97. The Morgan fingerprint density at radius 1 is 1.00 bits per heavy atom. The Bertz CT molecular complexity index is 579. The van der Waals surface area contributed by atoms with E-state index in [0.717, 1.165) is 12.1 Å². The maximum absolute atomic E-state index is 12.9. The van der Waals surface area contributed by atoms with Crippen molar-refractivity contribution >= 4 is 34.5 Å². The summed E-state index contributed by atoms with van der Waals surface area (Å²) in [6.45, 7) is 0. The van der Waals surface area contributed by atoms with Gasteiger partial charge in [-0.3, -0.25) is 4.79 Å². The Morgan fingerprint density at radius 3 is 1.78 bits per heavy atom. The van der Waals surface area contributed by atoms with Crippen LogP contribution in [-0.4, -0.2) is 35.0 Å². The molecule has 11 heteroatoms. The van der Waals surface area contributed by atoms with Crippen molar-refractivity contribution < 1.29 is 45.8 Å². The lowest BCUT2D eigenvalue weighted by Crippen LogP contribution is -2.60. The molecule has 0 aliphatic rings. The summed E-state index contributed by atoms with van der Waals surface area (Å²) in [5.41, 5.74) is -5.71. The zero-order valence-corrected chi connectivity index (χ0v) is 13.0. The Labute approximate surface area is 138 Å². The van der Waals surface area contributed by atoms with Gasteiger partial charge in [0.2, 0.25) is 0 Å². The summed E-state index contributed by atoms with van der Waals surface area (Å²) in [5.74, 6) is -4.35. The monoisotopic (exact) mass is 456 g/mol. The fourth-order valence-electron chi connectivity index (χ4n) is 1.53. The second kappa shape index (κ2) is 6.53. The maximum Gasteiger partial charge on any atom is 0.438 e. The molecule has 0 atom stereocenters. The summed E-state index contributed by atoms with van der Waals surface area (Å²) in [6.07, 6.45) is -14.8. The van der Waals surface area contributed by atoms with Gasteiger partial charge in [-0.05, 0) is 46.9 Å². The van der Waals surface area contributed by atoms with Crippen LogP contribution in [0.5, 0.6) is 0 Å². The van der Waals surface area contributed by atoms with Gasteiger partial charge in [0.15, 0.2) is 0 Å². The molecule has 0 amide bonds. The first kappa shape index (κ1) is 19.5. The molecule has 1 aromatic carbocycles. The van der Waals surface area contributed by atoms with Crippen molar-refractivity contribution in [1.29, 1.82) is 0 Å². The maximum atomic E-state index is 12.9.